The molecule has 8 nitrogen and oxygen atoms in total. The van der Waals surface area contributed by atoms with Crippen molar-refractivity contribution in [2.24, 2.45) is 0 Å². The number of aromatic nitrogens is 1. The van der Waals surface area contributed by atoms with E-state index in [1.165, 1.54) is 11.3 Å². The summed E-state index contributed by atoms with van der Waals surface area (Å²) < 4.78 is 15.8. The van der Waals surface area contributed by atoms with Gasteiger partial charge >= 0.3 is 12.2 Å². The first kappa shape index (κ1) is 24.5. The Bertz CT molecular complexity index is 882. The van der Waals surface area contributed by atoms with Crippen molar-refractivity contribution in [3.8, 4) is 5.75 Å². The highest BCUT2D eigenvalue weighted by atomic mass is 32.1. The molecule has 0 fully saturated rings. The minimum atomic E-state index is -0.758. The molecule has 0 saturated heterocycles. The molecular weight excluding hydrogens is 418 g/mol. The fraction of sp³-hybridized carbons (Fsp3) is 0.500. The Morgan fingerprint density at radius 3 is 2.16 bits per heavy atom. The van der Waals surface area contributed by atoms with Gasteiger partial charge in [0.05, 0.1) is 11.7 Å². The third-order valence-corrected chi connectivity index (χ3v) is 4.62. The van der Waals surface area contributed by atoms with Crippen LogP contribution in [-0.4, -0.2) is 35.5 Å². The fourth-order valence-corrected chi connectivity index (χ4v) is 3.26. The number of rotatable bonds is 6. The standard InChI is InChI=1S/C22H31N3O5S/c1-21(2,3)29-19(26)25-16(17-13-31-18(23-7)24-17)12-14-8-10-15(11-9-14)28-20(27)30-22(4,5)6/h8-11,13,16H,12H2,1-7H3,(H,23,24)(H,25,26)/t16-/m0/s1. The van der Waals surface area contributed by atoms with Crippen LogP contribution in [0.25, 0.3) is 0 Å². The van der Waals surface area contributed by atoms with Crippen LogP contribution in [0.1, 0.15) is 58.8 Å². The maximum absolute atomic E-state index is 12.4. The van der Waals surface area contributed by atoms with Crippen LogP contribution in [0, 0.1) is 0 Å². The summed E-state index contributed by atoms with van der Waals surface area (Å²) in [6.45, 7) is 10.8. The predicted molar refractivity (Wildman–Crippen MR) is 121 cm³/mol. The lowest BCUT2D eigenvalue weighted by molar-refractivity contribution is 0.0205. The second kappa shape index (κ2) is 10.00. The first-order chi connectivity index (χ1) is 14.3. The van der Waals surface area contributed by atoms with Crippen molar-refractivity contribution < 1.29 is 23.8 Å². The van der Waals surface area contributed by atoms with Crippen molar-refractivity contribution in [2.45, 2.75) is 65.2 Å². The number of ether oxygens (including phenoxy) is 3. The summed E-state index contributed by atoms with van der Waals surface area (Å²) in [5.41, 5.74) is 0.427. The van der Waals surface area contributed by atoms with E-state index < -0.39 is 23.5 Å². The van der Waals surface area contributed by atoms with Gasteiger partial charge in [-0.3, -0.25) is 0 Å². The molecule has 0 saturated carbocycles. The molecule has 1 heterocycles. The van der Waals surface area contributed by atoms with Crippen LogP contribution in [0.2, 0.25) is 0 Å². The molecular formula is C22H31N3O5S. The van der Waals surface area contributed by atoms with Crippen LogP contribution in [0.3, 0.4) is 0 Å². The summed E-state index contributed by atoms with van der Waals surface area (Å²) in [6.07, 6.45) is -0.785. The van der Waals surface area contributed by atoms with Gasteiger partial charge in [0.15, 0.2) is 5.13 Å². The molecule has 0 aliphatic carbocycles. The quantitative estimate of drug-likeness (QED) is 0.455. The number of anilines is 1. The maximum atomic E-state index is 12.4. The number of nitrogens with one attached hydrogen (secondary N) is 2. The molecule has 170 valence electrons. The van der Waals surface area contributed by atoms with Crippen LogP contribution < -0.4 is 15.4 Å². The Hall–Kier alpha value is -2.81. The van der Waals surface area contributed by atoms with E-state index in [-0.39, 0.29) is 6.04 Å². The summed E-state index contributed by atoms with van der Waals surface area (Å²) in [4.78, 5) is 28.7. The molecule has 0 unspecified atom stereocenters. The topological polar surface area (TPSA) is 98.8 Å². The van der Waals surface area contributed by atoms with Gasteiger partial charge in [-0.2, -0.15) is 0 Å². The molecule has 0 aliphatic rings. The van der Waals surface area contributed by atoms with E-state index in [9.17, 15) is 9.59 Å². The molecule has 1 atom stereocenters. The number of carbonyl (C=O) groups excluding carboxylic acids is 2. The van der Waals surface area contributed by atoms with Crippen molar-refractivity contribution in [1.29, 1.82) is 0 Å². The smallest absolute Gasteiger partial charge is 0.444 e. The third-order valence-electron chi connectivity index (χ3n) is 3.74. The number of hydrogen-bond donors (Lipinski definition) is 2. The zero-order valence-corrected chi connectivity index (χ0v) is 19.9. The number of hydrogen-bond acceptors (Lipinski definition) is 8. The lowest BCUT2D eigenvalue weighted by Crippen LogP contribution is -2.36. The van der Waals surface area contributed by atoms with Crippen LogP contribution >= 0.6 is 11.3 Å². The van der Waals surface area contributed by atoms with Crippen LogP contribution in [0.4, 0.5) is 14.7 Å². The van der Waals surface area contributed by atoms with E-state index in [0.717, 1.165) is 16.4 Å². The Kier molecular flexibility index (Phi) is 7.89. The van der Waals surface area contributed by atoms with E-state index in [1.54, 1.807) is 40.0 Å². The first-order valence-electron chi connectivity index (χ1n) is 9.97. The Morgan fingerprint density at radius 1 is 1.03 bits per heavy atom. The van der Waals surface area contributed by atoms with Crippen molar-refractivity contribution in [2.75, 3.05) is 12.4 Å². The summed E-state index contributed by atoms with van der Waals surface area (Å²) in [6, 6.07) is 6.64. The molecule has 2 aromatic rings. The average Bonchev–Trinajstić information content (AvgIpc) is 3.08. The number of carbonyl (C=O) groups is 2. The lowest BCUT2D eigenvalue weighted by Gasteiger charge is -2.23. The number of amides is 1. The van der Waals surface area contributed by atoms with Crippen LogP contribution in [0.15, 0.2) is 29.6 Å². The van der Waals surface area contributed by atoms with Gasteiger partial charge in [-0.05, 0) is 65.7 Å². The Labute approximate surface area is 187 Å². The van der Waals surface area contributed by atoms with E-state index in [4.69, 9.17) is 14.2 Å². The van der Waals surface area contributed by atoms with Crippen LogP contribution in [0.5, 0.6) is 5.75 Å². The van der Waals surface area contributed by atoms with Gasteiger partial charge in [-0.25, -0.2) is 14.6 Å². The molecule has 0 spiro atoms. The summed E-state index contributed by atoms with van der Waals surface area (Å²) in [5.74, 6) is 0.376. The zero-order chi connectivity index (χ0) is 23.2. The number of nitrogens with zero attached hydrogens (tertiary/aromatic N) is 1. The third kappa shape index (κ3) is 8.84. The summed E-state index contributed by atoms with van der Waals surface area (Å²) in [5, 5.41) is 8.55. The molecule has 31 heavy (non-hydrogen) atoms. The molecule has 1 aromatic heterocycles. The van der Waals surface area contributed by atoms with Gasteiger partial charge in [-0.15, -0.1) is 11.3 Å². The van der Waals surface area contributed by atoms with E-state index in [0.29, 0.717) is 12.2 Å². The largest absolute Gasteiger partial charge is 0.514 e. The zero-order valence-electron chi connectivity index (χ0n) is 19.1. The Morgan fingerprint density at radius 2 is 1.65 bits per heavy atom. The van der Waals surface area contributed by atoms with Crippen LogP contribution in [-0.2, 0) is 15.9 Å². The molecule has 2 rings (SSSR count). The van der Waals surface area contributed by atoms with Crippen molar-refractivity contribution in [3.05, 3.63) is 40.9 Å². The van der Waals surface area contributed by atoms with Crippen molar-refractivity contribution in [1.82, 2.24) is 10.3 Å². The minimum absolute atomic E-state index is 0.376. The normalized spacial score (nSPS) is 12.6. The molecule has 2 N–H and O–H groups in total. The predicted octanol–water partition coefficient (Wildman–Crippen LogP) is 5.31. The second-order valence-corrected chi connectivity index (χ2v) is 9.80. The monoisotopic (exact) mass is 449 g/mol. The number of thiazole rings is 1. The molecule has 1 aromatic carbocycles. The highest BCUT2D eigenvalue weighted by molar-refractivity contribution is 7.13. The Balaban J connectivity index is 2.10. The van der Waals surface area contributed by atoms with E-state index in [2.05, 4.69) is 15.6 Å². The van der Waals surface area contributed by atoms with Gasteiger partial charge in [0, 0.05) is 12.4 Å². The second-order valence-electron chi connectivity index (χ2n) is 8.94. The number of alkyl carbamates (subject to hydrolysis) is 1. The van der Waals surface area contributed by atoms with Gasteiger partial charge in [-0.1, -0.05) is 12.1 Å². The maximum Gasteiger partial charge on any atom is 0.514 e. The van der Waals surface area contributed by atoms with Gasteiger partial charge in [0.25, 0.3) is 0 Å². The van der Waals surface area contributed by atoms with E-state index in [1.807, 2.05) is 38.3 Å². The highest BCUT2D eigenvalue weighted by Crippen LogP contribution is 2.25. The summed E-state index contributed by atoms with van der Waals surface area (Å²) >= 11 is 1.46. The molecule has 0 radical (unpaired) electrons. The SMILES string of the molecule is CNc1nc([C@H](Cc2ccc(OC(=O)OC(C)(C)C)cc2)NC(=O)OC(C)(C)C)cs1. The number of benzene rings is 1. The van der Waals surface area contributed by atoms with Gasteiger partial charge < -0.3 is 24.8 Å². The van der Waals surface area contributed by atoms with Crippen molar-refractivity contribution in [3.63, 3.8) is 0 Å². The van der Waals surface area contributed by atoms with Gasteiger partial charge in [0.1, 0.15) is 17.0 Å². The highest BCUT2D eigenvalue weighted by Gasteiger charge is 2.23. The molecule has 9 heteroatoms. The minimum Gasteiger partial charge on any atom is -0.444 e. The van der Waals surface area contributed by atoms with Gasteiger partial charge in [0.2, 0.25) is 0 Å². The summed E-state index contributed by atoms with van der Waals surface area (Å²) in [7, 11) is 1.79. The molecule has 0 aliphatic heterocycles. The fourth-order valence-electron chi connectivity index (χ4n) is 2.54. The lowest BCUT2D eigenvalue weighted by atomic mass is 10.0. The molecule has 0 bridgehead atoms. The van der Waals surface area contributed by atoms with Crippen molar-refractivity contribution >= 4 is 28.7 Å². The first-order valence-corrected chi connectivity index (χ1v) is 10.8. The van der Waals surface area contributed by atoms with E-state index >= 15 is 0 Å². The average molecular weight is 450 g/mol. The molecule has 1 amide bonds.